The minimum atomic E-state index is -4.70. The van der Waals surface area contributed by atoms with E-state index in [1.165, 1.54) is 18.9 Å². The van der Waals surface area contributed by atoms with E-state index in [4.69, 9.17) is 4.52 Å². The van der Waals surface area contributed by atoms with Crippen molar-refractivity contribution >= 4 is 7.82 Å². The molecule has 4 bridgehead atoms. The average molecular weight is 446 g/mol. The summed E-state index contributed by atoms with van der Waals surface area (Å²) in [4.78, 5) is 23.9. The first kappa shape index (κ1) is 20.1. The van der Waals surface area contributed by atoms with Gasteiger partial charge in [0.2, 0.25) is 0 Å². The van der Waals surface area contributed by atoms with E-state index in [0.29, 0.717) is 35.7 Å². The topological polar surface area (TPSA) is 84.6 Å². The Labute approximate surface area is 181 Å². The Balaban J connectivity index is 1.41. The zero-order chi connectivity index (χ0) is 21.5. The number of hydrogen-bond acceptors (Lipinski definition) is 3. The first-order valence-electron chi connectivity index (χ1n) is 11.3. The van der Waals surface area contributed by atoms with Crippen LogP contribution in [0.15, 0.2) is 30.7 Å². The Hall–Kier alpha value is -1.53. The Morgan fingerprint density at radius 3 is 2.74 bits per heavy atom. The minimum absolute atomic E-state index is 0.251. The molecule has 2 heterocycles. The SMILES string of the molecule is CC1C2CC3CC1CC(C(CC1c4c(F)cccc4-c4cncn41)OP(=O)(O)O)(C3)C2. The normalized spacial score (nSPS) is 36.5. The monoisotopic (exact) mass is 446 g/mol. The molecule has 31 heavy (non-hydrogen) atoms. The second kappa shape index (κ2) is 6.74. The molecule has 6 nitrogen and oxygen atoms in total. The predicted molar refractivity (Wildman–Crippen MR) is 112 cm³/mol. The third kappa shape index (κ3) is 3.08. The molecule has 1 aromatic heterocycles. The molecule has 7 rings (SSSR count). The Morgan fingerprint density at radius 2 is 2.03 bits per heavy atom. The lowest BCUT2D eigenvalue weighted by atomic mass is 9.45. The summed E-state index contributed by atoms with van der Waals surface area (Å²) in [5.41, 5.74) is 1.97. The van der Waals surface area contributed by atoms with Crippen LogP contribution in [0, 0.1) is 34.9 Å². The highest BCUT2D eigenvalue weighted by molar-refractivity contribution is 7.46. The fourth-order valence-electron chi connectivity index (χ4n) is 7.74. The van der Waals surface area contributed by atoms with Gasteiger partial charge in [0, 0.05) is 11.1 Å². The second-order valence-corrected chi connectivity index (χ2v) is 11.6. The standard InChI is InChI=1S/C23H28FN2O4P/c1-13-15-5-14-6-16(13)10-23(8-14,9-15)21(30-31(27,28)29)7-19-22-17(3-2-4-18(22)24)20-11-25-12-26(19)20/h2-4,11-16,19,21H,5-10H2,1H3,(H2,27,28,29). The second-order valence-electron chi connectivity index (χ2n) is 10.4. The molecule has 0 radical (unpaired) electrons. The average Bonchev–Trinajstić information content (AvgIpc) is 3.27. The van der Waals surface area contributed by atoms with E-state index in [2.05, 4.69) is 11.9 Å². The molecular formula is C23H28FN2O4P. The van der Waals surface area contributed by atoms with Crippen molar-refractivity contribution in [2.45, 2.75) is 57.6 Å². The number of phosphoric acid groups is 1. The van der Waals surface area contributed by atoms with Gasteiger partial charge in [-0.1, -0.05) is 19.1 Å². The molecular weight excluding hydrogens is 418 g/mol. The molecule has 4 aliphatic carbocycles. The molecule has 4 saturated carbocycles. The highest BCUT2D eigenvalue weighted by atomic mass is 31.2. The lowest BCUT2D eigenvalue weighted by Gasteiger charge is -2.61. The number of aromatic nitrogens is 2. The van der Waals surface area contributed by atoms with Gasteiger partial charge in [-0.2, -0.15) is 0 Å². The smallest absolute Gasteiger partial charge is 0.323 e. The molecule has 8 heteroatoms. The third-order valence-electron chi connectivity index (χ3n) is 8.84. The summed E-state index contributed by atoms with van der Waals surface area (Å²) < 4.78 is 34.5. The number of phosphoric ester groups is 1. The van der Waals surface area contributed by atoms with Crippen molar-refractivity contribution in [2.75, 3.05) is 0 Å². The van der Waals surface area contributed by atoms with Crippen molar-refractivity contribution in [2.24, 2.45) is 29.1 Å². The van der Waals surface area contributed by atoms with Gasteiger partial charge in [0.15, 0.2) is 0 Å². The van der Waals surface area contributed by atoms with E-state index in [1.807, 2.05) is 10.6 Å². The van der Waals surface area contributed by atoms with Crippen molar-refractivity contribution in [3.63, 3.8) is 0 Å². The maximum Gasteiger partial charge on any atom is 0.469 e. The predicted octanol–water partition coefficient (Wildman–Crippen LogP) is 4.92. The molecule has 1 aliphatic heterocycles. The van der Waals surface area contributed by atoms with Crippen molar-refractivity contribution in [3.05, 3.63) is 42.1 Å². The first-order valence-corrected chi connectivity index (χ1v) is 12.8. The molecule has 166 valence electrons. The number of rotatable bonds is 5. The van der Waals surface area contributed by atoms with Crippen LogP contribution in [-0.2, 0) is 9.09 Å². The number of hydrogen-bond donors (Lipinski definition) is 2. The van der Waals surface area contributed by atoms with E-state index >= 15 is 0 Å². The van der Waals surface area contributed by atoms with Crippen LogP contribution < -0.4 is 0 Å². The quantitative estimate of drug-likeness (QED) is 0.637. The molecule has 1 aromatic carbocycles. The van der Waals surface area contributed by atoms with Crippen LogP contribution >= 0.6 is 7.82 Å². The summed E-state index contributed by atoms with van der Waals surface area (Å²) in [5, 5.41) is 0. The molecule has 0 amide bonds. The van der Waals surface area contributed by atoms with E-state index in [1.54, 1.807) is 18.6 Å². The largest absolute Gasteiger partial charge is 0.469 e. The summed E-state index contributed by atoms with van der Waals surface area (Å²) in [5.74, 6) is 2.15. The number of benzene rings is 1. The molecule has 0 spiro atoms. The van der Waals surface area contributed by atoms with Gasteiger partial charge < -0.3 is 14.4 Å². The van der Waals surface area contributed by atoms with Crippen LogP contribution in [0.3, 0.4) is 0 Å². The maximum absolute atomic E-state index is 15.0. The van der Waals surface area contributed by atoms with Gasteiger partial charge in [0.05, 0.1) is 30.4 Å². The van der Waals surface area contributed by atoms with Crippen molar-refractivity contribution < 1.29 is 23.3 Å². The van der Waals surface area contributed by atoms with Gasteiger partial charge in [0.25, 0.3) is 0 Å². The van der Waals surface area contributed by atoms with Crippen LogP contribution in [0.1, 0.15) is 57.1 Å². The number of halogens is 1. The van der Waals surface area contributed by atoms with Crippen LogP contribution in [0.25, 0.3) is 11.3 Å². The maximum atomic E-state index is 15.0. The van der Waals surface area contributed by atoms with Gasteiger partial charge in [-0.05, 0) is 73.7 Å². The Morgan fingerprint density at radius 1 is 1.29 bits per heavy atom. The van der Waals surface area contributed by atoms with Gasteiger partial charge in [-0.25, -0.2) is 13.9 Å². The van der Waals surface area contributed by atoms with E-state index in [0.717, 1.165) is 30.5 Å². The van der Waals surface area contributed by atoms with E-state index < -0.39 is 13.9 Å². The van der Waals surface area contributed by atoms with E-state index in [-0.39, 0.29) is 17.3 Å². The zero-order valence-corrected chi connectivity index (χ0v) is 18.4. The molecule has 0 saturated heterocycles. The molecule has 5 aliphatic rings. The van der Waals surface area contributed by atoms with Crippen LogP contribution in [0.2, 0.25) is 0 Å². The van der Waals surface area contributed by atoms with Gasteiger partial charge in [0.1, 0.15) is 5.82 Å². The highest BCUT2D eigenvalue weighted by Gasteiger charge is 2.58. The van der Waals surface area contributed by atoms with Gasteiger partial charge in [-0.15, -0.1) is 0 Å². The first-order chi connectivity index (χ1) is 14.7. The van der Waals surface area contributed by atoms with Crippen LogP contribution in [0.4, 0.5) is 4.39 Å². The molecule has 4 fully saturated rings. The van der Waals surface area contributed by atoms with Crippen LogP contribution in [0.5, 0.6) is 0 Å². The fourth-order valence-corrected chi connectivity index (χ4v) is 8.38. The Bertz CT molecular complexity index is 1070. The van der Waals surface area contributed by atoms with Gasteiger partial charge >= 0.3 is 7.82 Å². The zero-order valence-electron chi connectivity index (χ0n) is 17.5. The third-order valence-corrected chi connectivity index (χ3v) is 9.37. The highest BCUT2D eigenvalue weighted by Crippen LogP contribution is 2.66. The van der Waals surface area contributed by atoms with Crippen molar-refractivity contribution in [3.8, 4) is 11.3 Å². The molecule has 2 aromatic rings. The fraction of sp³-hybridized carbons (Fsp3) is 0.609. The number of nitrogens with zero attached hydrogens (tertiary/aromatic N) is 2. The van der Waals surface area contributed by atoms with Crippen LogP contribution in [-0.4, -0.2) is 25.4 Å². The van der Waals surface area contributed by atoms with Crippen molar-refractivity contribution in [1.82, 2.24) is 9.55 Å². The van der Waals surface area contributed by atoms with Gasteiger partial charge in [-0.3, -0.25) is 4.52 Å². The molecule has 2 N–H and O–H groups in total. The van der Waals surface area contributed by atoms with E-state index in [9.17, 15) is 18.7 Å². The van der Waals surface area contributed by atoms with Crippen molar-refractivity contribution in [1.29, 1.82) is 0 Å². The summed E-state index contributed by atoms with van der Waals surface area (Å²) in [6, 6.07) is 4.65. The summed E-state index contributed by atoms with van der Waals surface area (Å²) in [6.07, 6.45) is 8.40. The summed E-state index contributed by atoms with van der Waals surface area (Å²) in [7, 11) is -4.70. The number of fused-ring (bicyclic) bond motifs is 3. The Kier molecular flexibility index (Phi) is 4.37. The lowest BCUT2D eigenvalue weighted by Crippen LogP contribution is -2.55. The minimum Gasteiger partial charge on any atom is -0.323 e. The summed E-state index contributed by atoms with van der Waals surface area (Å²) >= 11 is 0. The molecule has 4 atom stereocenters. The summed E-state index contributed by atoms with van der Waals surface area (Å²) in [6.45, 7) is 2.33. The number of imidazole rings is 1. The molecule has 4 unspecified atom stereocenters. The lowest BCUT2D eigenvalue weighted by molar-refractivity contribution is -0.143.